The highest BCUT2D eigenvalue weighted by atomic mass is 35.5. The van der Waals surface area contributed by atoms with Gasteiger partial charge in [-0.2, -0.15) is 0 Å². The molecule has 0 aliphatic rings. The summed E-state index contributed by atoms with van der Waals surface area (Å²) < 4.78 is 60.5. The van der Waals surface area contributed by atoms with Gasteiger partial charge in [0.1, 0.15) is 0 Å². The molecule has 8 nitrogen and oxygen atoms in total. The zero-order valence-electron chi connectivity index (χ0n) is 17.0. The minimum absolute atomic E-state index is 0.0982. The Morgan fingerprint density at radius 2 is 1.38 bits per heavy atom. The van der Waals surface area contributed by atoms with Crippen molar-refractivity contribution in [2.75, 3.05) is 16.6 Å². The smallest absolute Gasteiger partial charge is 0.337 e. The first kappa shape index (κ1) is 23.6. The third-order valence-electron chi connectivity index (χ3n) is 4.45. The van der Waals surface area contributed by atoms with Gasteiger partial charge in [-0.15, -0.1) is 0 Å². The molecule has 0 aliphatic carbocycles. The SMILES string of the molecule is COC(=O)c1ccc(S(=O)(=O)Nc2cc(S(=O)(=O)Nc3ccc(Cl)cc3)ccc2C)cc1. The highest BCUT2D eigenvalue weighted by Gasteiger charge is 2.20. The number of anilines is 2. The number of ether oxygens (including phenoxy) is 1. The lowest BCUT2D eigenvalue weighted by atomic mass is 10.2. The molecule has 0 saturated heterocycles. The predicted octanol–water partition coefficient (Wildman–Crippen LogP) is 4.04. The molecule has 0 bridgehead atoms. The average Bonchev–Trinajstić information content (AvgIpc) is 2.76. The van der Waals surface area contributed by atoms with Gasteiger partial charge in [0.15, 0.2) is 0 Å². The predicted molar refractivity (Wildman–Crippen MR) is 122 cm³/mol. The molecule has 0 saturated carbocycles. The molecule has 0 heterocycles. The van der Waals surface area contributed by atoms with Gasteiger partial charge >= 0.3 is 5.97 Å². The van der Waals surface area contributed by atoms with Gasteiger partial charge in [0.2, 0.25) is 0 Å². The van der Waals surface area contributed by atoms with E-state index in [0.717, 1.165) is 0 Å². The van der Waals surface area contributed by atoms with Gasteiger partial charge in [0, 0.05) is 10.7 Å². The minimum atomic E-state index is -4.04. The molecule has 168 valence electrons. The van der Waals surface area contributed by atoms with Crippen LogP contribution in [0.2, 0.25) is 5.02 Å². The first-order valence-electron chi connectivity index (χ1n) is 9.12. The number of carbonyl (C=O) groups excluding carboxylic acids is 1. The number of carbonyl (C=O) groups is 1. The Morgan fingerprint density at radius 1 is 0.812 bits per heavy atom. The number of aryl methyl sites for hydroxylation is 1. The van der Waals surface area contributed by atoms with E-state index in [-0.39, 0.29) is 21.0 Å². The van der Waals surface area contributed by atoms with Gasteiger partial charge in [-0.3, -0.25) is 9.44 Å². The van der Waals surface area contributed by atoms with E-state index in [4.69, 9.17) is 11.6 Å². The van der Waals surface area contributed by atoms with Crippen LogP contribution in [0.5, 0.6) is 0 Å². The number of benzene rings is 3. The van der Waals surface area contributed by atoms with Crippen molar-refractivity contribution < 1.29 is 26.4 Å². The number of hydrogen-bond donors (Lipinski definition) is 2. The molecule has 0 fully saturated rings. The molecule has 2 N–H and O–H groups in total. The van der Waals surface area contributed by atoms with Gasteiger partial charge in [0.25, 0.3) is 20.0 Å². The van der Waals surface area contributed by atoms with E-state index in [1.54, 1.807) is 19.1 Å². The molecular weight excluding hydrogens is 476 g/mol. The summed E-state index contributed by atoms with van der Waals surface area (Å²) in [4.78, 5) is 11.3. The number of esters is 1. The minimum Gasteiger partial charge on any atom is -0.465 e. The van der Waals surface area contributed by atoms with Gasteiger partial charge in [-0.25, -0.2) is 21.6 Å². The fourth-order valence-electron chi connectivity index (χ4n) is 2.70. The Labute approximate surface area is 191 Å². The molecule has 32 heavy (non-hydrogen) atoms. The molecule has 0 unspecified atom stereocenters. The summed E-state index contributed by atoms with van der Waals surface area (Å²) in [5.41, 5.74) is 1.12. The molecule has 11 heteroatoms. The Hall–Kier alpha value is -3.08. The highest BCUT2D eigenvalue weighted by molar-refractivity contribution is 7.93. The van der Waals surface area contributed by atoms with E-state index in [9.17, 15) is 21.6 Å². The van der Waals surface area contributed by atoms with Crippen molar-refractivity contribution in [1.29, 1.82) is 0 Å². The lowest BCUT2D eigenvalue weighted by Crippen LogP contribution is -2.16. The van der Waals surface area contributed by atoms with Crippen LogP contribution < -0.4 is 9.44 Å². The van der Waals surface area contributed by atoms with Crippen LogP contribution in [0.1, 0.15) is 15.9 Å². The van der Waals surface area contributed by atoms with Crippen molar-refractivity contribution in [2.45, 2.75) is 16.7 Å². The van der Waals surface area contributed by atoms with Crippen LogP contribution in [0.25, 0.3) is 0 Å². The number of nitrogens with one attached hydrogen (secondary N) is 2. The second-order valence-electron chi connectivity index (χ2n) is 6.71. The second-order valence-corrected chi connectivity index (χ2v) is 10.5. The van der Waals surface area contributed by atoms with E-state index in [1.165, 1.54) is 61.7 Å². The van der Waals surface area contributed by atoms with Crippen molar-refractivity contribution in [1.82, 2.24) is 0 Å². The van der Waals surface area contributed by atoms with Crippen molar-refractivity contribution >= 4 is 49.0 Å². The number of hydrogen-bond acceptors (Lipinski definition) is 6. The maximum atomic E-state index is 12.8. The van der Waals surface area contributed by atoms with Gasteiger partial charge in [-0.1, -0.05) is 17.7 Å². The third kappa shape index (κ3) is 5.39. The van der Waals surface area contributed by atoms with Crippen LogP contribution in [0.15, 0.2) is 76.5 Å². The van der Waals surface area contributed by atoms with Crippen LogP contribution in [-0.2, 0) is 24.8 Å². The summed E-state index contributed by atoms with van der Waals surface area (Å²) in [5, 5.41) is 0.458. The summed E-state index contributed by atoms with van der Waals surface area (Å²) in [6.07, 6.45) is 0. The zero-order chi connectivity index (χ0) is 23.5. The normalized spacial score (nSPS) is 11.6. The first-order valence-corrected chi connectivity index (χ1v) is 12.5. The number of methoxy groups -OCH3 is 1. The fourth-order valence-corrected chi connectivity index (χ4v) is 5.03. The van der Waals surface area contributed by atoms with E-state index in [1.807, 2.05) is 0 Å². The Balaban J connectivity index is 1.88. The quantitative estimate of drug-likeness (QED) is 0.478. The van der Waals surface area contributed by atoms with Crippen molar-refractivity contribution in [3.8, 4) is 0 Å². The third-order valence-corrected chi connectivity index (χ3v) is 7.46. The summed E-state index contributed by atoms with van der Waals surface area (Å²) in [6, 6.07) is 15.4. The van der Waals surface area contributed by atoms with Gasteiger partial charge < -0.3 is 4.74 Å². The van der Waals surface area contributed by atoms with Crippen molar-refractivity contribution in [2.24, 2.45) is 0 Å². The second kappa shape index (κ2) is 9.19. The monoisotopic (exact) mass is 494 g/mol. The van der Waals surface area contributed by atoms with Crippen LogP contribution in [0.3, 0.4) is 0 Å². The van der Waals surface area contributed by atoms with E-state index in [2.05, 4.69) is 14.2 Å². The molecule has 0 amide bonds. The van der Waals surface area contributed by atoms with E-state index < -0.39 is 26.0 Å². The summed E-state index contributed by atoms with van der Waals surface area (Å²) in [7, 11) is -6.80. The maximum absolute atomic E-state index is 12.8. The fraction of sp³-hybridized carbons (Fsp3) is 0.0952. The number of sulfonamides is 2. The topological polar surface area (TPSA) is 119 Å². The standard InChI is InChI=1S/C21H19ClN2O6S2/c1-14-3-10-19(32(28,29)23-17-8-6-16(22)7-9-17)13-20(14)24-31(26,27)18-11-4-15(5-12-18)21(25)30-2/h3-13,23-24H,1-2H3. The molecule has 0 radical (unpaired) electrons. The zero-order valence-corrected chi connectivity index (χ0v) is 19.4. The van der Waals surface area contributed by atoms with E-state index in [0.29, 0.717) is 16.3 Å². The Morgan fingerprint density at radius 3 is 1.97 bits per heavy atom. The molecule has 0 spiro atoms. The van der Waals surface area contributed by atoms with Crippen LogP contribution in [0, 0.1) is 6.92 Å². The van der Waals surface area contributed by atoms with Crippen LogP contribution in [0.4, 0.5) is 11.4 Å². The maximum Gasteiger partial charge on any atom is 0.337 e. The van der Waals surface area contributed by atoms with E-state index >= 15 is 0 Å². The molecule has 3 aromatic carbocycles. The summed E-state index contributed by atoms with van der Waals surface area (Å²) in [5.74, 6) is -0.594. The largest absolute Gasteiger partial charge is 0.465 e. The molecule has 3 aromatic rings. The molecular formula is C21H19ClN2O6S2. The average molecular weight is 495 g/mol. The van der Waals surface area contributed by atoms with Crippen molar-refractivity contribution in [3.63, 3.8) is 0 Å². The number of rotatable bonds is 7. The molecule has 3 rings (SSSR count). The first-order chi connectivity index (χ1) is 15.0. The Kier molecular flexibility index (Phi) is 6.77. The number of halogens is 1. The van der Waals surface area contributed by atoms with Gasteiger partial charge in [0.05, 0.1) is 28.2 Å². The summed E-state index contributed by atoms with van der Waals surface area (Å²) in [6.45, 7) is 1.64. The molecule has 0 aliphatic heterocycles. The van der Waals surface area contributed by atoms with Crippen molar-refractivity contribution in [3.05, 3.63) is 82.9 Å². The lowest BCUT2D eigenvalue weighted by molar-refractivity contribution is 0.0600. The molecule has 0 aromatic heterocycles. The van der Waals surface area contributed by atoms with Gasteiger partial charge in [-0.05, 0) is 73.2 Å². The van der Waals surface area contributed by atoms with Crippen LogP contribution >= 0.6 is 11.6 Å². The Bertz CT molecular complexity index is 1350. The lowest BCUT2D eigenvalue weighted by Gasteiger charge is -2.14. The molecule has 0 atom stereocenters. The van der Waals surface area contributed by atoms with Crippen LogP contribution in [-0.4, -0.2) is 29.9 Å². The highest BCUT2D eigenvalue weighted by Crippen LogP contribution is 2.25. The summed E-state index contributed by atoms with van der Waals surface area (Å²) >= 11 is 5.82.